The van der Waals surface area contributed by atoms with E-state index in [4.69, 9.17) is 0 Å². The molecular formula is C33H38N2O+2. The molecule has 3 aromatic rings. The maximum atomic E-state index is 10.2. The minimum atomic E-state index is -0.106. The van der Waals surface area contributed by atoms with E-state index in [1.165, 1.54) is 39.8 Å². The maximum Gasteiger partial charge on any atom is 0.213 e. The van der Waals surface area contributed by atoms with E-state index < -0.39 is 0 Å². The SMILES string of the molecule is C=CC1C2C(c3cc(C)ccc3-c3ccc(C)c[n+]32)C12CC/C(=C/O)c1cc(CC(C)(C)C)cc[n+]12. The molecule has 1 aromatic carbocycles. The second kappa shape index (κ2) is 7.90. The number of benzene rings is 1. The number of rotatable bonds is 2. The molecule has 0 bridgehead atoms. The van der Waals surface area contributed by atoms with Crippen molar-refractivity contribution in [1.82, 2.24) is 0 Å². The third kappa shape index (κ3) is 3.18. The van der Waals surface area contributed by atoms with E-state index in [1.54, 1.807) is 0 Å². The molecule has 3 nitrogen and oxygen atoms in total. The van der Waals surface area contributed by atoms with Gasteiger partial charge >= 0.3 is 0 Å². The van der Waals surface area contributed by atoms with Crippen molar-refractivity contribution in [3.63, 3.8) is 0 Å². The molecule has 1 fully saturated rings. The predicted molar refractivity (Wildman–Crippen MR) is 145 cm³/mol. The van der Waals surface area contributed by atoms with E-state index in [0.29, 0.717) is 17.9 Å². The average Bonchev–Trinajstić information content (AvgIpc) is 2.81. The van der Waals surface area contributed by atoms with Crippen molar-refractivity contribution in [3.05, 3.63) is 102 Å². The summed E-state index contributed by atoms with van der Waals surface area (Å²) >= 11 is 0. The number of allylic oxidation sites excluding steroid dienone is 2. The molecule has 1 saturated carbocycles. The van der Waals surface area contributed by atoms with Crippen molar-refractivity contribution >= 4 is 5.57 Å². The Morgan fingerprint density at radius 1 is 1.06 bits per heavy atom. The monoisotopic (exact) mass is 478 g/mol. The third-order valence-electron chi connectivity index (χ3n) is 8.83. The molecule has 2 aliphatic heterocycles. The van der Waals surface area contributed by atoms with Gasteiger partial charge in [0.05, 0.1) is 17.4 Å². The molecule has 36 heavy (non-hydrogen) atoms. The summed E-state index contributed by atoms with van der Waals surface area (Å²) in [5, 5.41) is 10.2. The lowest BCUT2D eigenvalue weighted by atomic mass is 9.48. The first-order chi connectivity index (χ1) is 17.2. The fraction of sp³-hybridized carbons (Fsp3) is 0.394. The highest BCUT2D eigenvalue weighted by atomic mass is 16.2. The molecular weight excluding hydrogens is 440 g/mol. The Bertz CT molecular complexity index is 1430. The summed E-state index contributed by atoms with van der Waals surface area (Å²) in [6, 6.07) is 16.5. The van der Waals surface area contributed by atoms with Crippen LogP contribution in [0.2, 0.25) is 0 Å². The summed E-state index contributed by atoms with van der Waals surface area (Å²) in [5.41, 5.74) is 10.3. The van der Waals surface area contributed by atoms with E-state index in [2.05, 4.69) is 111 Å². The molecule has 4 atom stereocenters. The summed E-state index contributed by atoms with van der Waals surface area (Å²) in [6.07, 6.45) is 11.0. The van der Waals surface area contributed by atoms with Crippen LogP contribution in [0, 0.1) is 25.2 Å². The molecule has 1 N–H and O–H groups in total. The fourth-order valence-electron chi connectivity index (χ4n) is 7.52. The molecule has 2 aromatic heterocycles. The van der Waals surface area contributed by atoms with E-state index >= 15 is 0 Å². The van der Waals surface area contributed by atoms with Gasteiger partial charge in [-0.05, 0) is 55.4 Å². The number of aliphatic hydroxyl groups excluding tert-OH is 1. The molecule has 4 heterocycles. The summed E-state index contributed by atoms with van der Waals surface area (Å²) in [4.78, 5) is 0. The number of fused-ring (bicyclic) bond motifs is 9. The van der Waals surface area contributed by atoms with E-state index in [9.17, 15) is 5.11 Å². The zero-order valence-corrected chi connectivity index (χ0v) is 22.3. The van der Waals surface area contributed by atoms with Gasteiger partial charge in [-0.1, -0.05) is 44.5 Å². The zero-order valence-electron chi connectivity index (χ0n) is 22.3. The Balaban J connectivity index is 1.59. The van der Waals surface area contributed by atoms with Gasteiger partial charge in [0.15, 0.2) is 24.0 Å². The van der Waals surface area contributed by atoms with Crippen LogP contribution in [0.25, 0.3) is 16.8 Å². The Morgan fingerprint density at radius 2 is 1.83 bits per heavy atom. The van der Waals surface area contributed by atoms with Crippen LogP contribution in [0.1, 0.15) is 73.5 Å². The highest BCUT2D eigenvalue weighted by Crippen LogP contribution is 2.64. The van der Waals surface area contributed by atoms with Crippen LogP contribution in [0.15, 0.2) is 73.8 Å². The van der Waals surface area contributed by atoms with Gasteiger partial charge in [-0.2, -0.15) is 9.13 Å². The van der Waals surface area contributed by atoms with Gasteiger partial charge in [0, 0.05) is 30.2 Å². The zero-order chi connectivity index (χ0) is 25.4. The van der Waals surface area contributed by atoms with Crippen molar-refractivity contribution in [2.75, 3.05) is 0 Å². The van der Waals surface area contributed by atoms with E-state index in [1.807, 2.05) is 0 Å². The minimum Gasteiger partial charge on any atom is -0.515 e. The molecule has 3 heteroatoms. The van der Waals surface area contributed by atoms with Gasteiger partial charge < -0.3 is 5.11 Å². The summed E-state index contributed by atoms with van der Waals surface area (Å²) < 4.78 is 5.03. The molecule has 1 spiro atoms. The number of pyridine rings is 2. The van der Waals surface area contributed by atoms with Crippen molar-refractivity contribution < 1.29 is 14.2 Å². The average molecular weight is 479 g/mol. The van der Waals surface area contributed by atoms with Crippen LogP contribution >= 0.6 is 0 Å². The number of aliphatic hydroxyl groups is 1. The number of nitrogens with zero attached hydrogens (tertiary/aromatic N) is 2. The van der Waals surface area contributed by atoms with Gasteiger partial charge in [0.2, 0.25) is 11.4 Å². The molecule has 3 aliphatic rings. The number of aryl methyl sites for hydroxylation is 2. The molecule has 4 unspecified atom stereocenters. The van der Waals surface area contributed by atoms with Crippen molar-refractivity contribution in [3.8, 4) is 11.3 Å². The Kier molecular flexibility index (Phi) is 5.09. The largest absolute Gasteiger partial charge is 0.515 e. The lowest BCUT2D eigenvalue weighted by molar-refractivity contribution is -0.845. The number of hydrogen-bond donors (Lipinski definition) is 1. The molecule has 184 valence electrons. The van der Waals surface area contributed by atoms with Crippen molar-refractivity contribution in [1.29, 1.82) is 0 Å². The summed E-state index contributed by atoms with van der Waals surface area (Å²) in [6.45, 7) is 15.6. The molecule has 0 radical (unpaired) electrons. The number of hydrogen-bond acceptors (Lipinski definition) is 1. The molecule has 0 saturated heterocycles. The molecule has 1 aliphatic carbocycles. The first-order valence-corrected chi connectivity index (χ1v) is 13.3. The predicted octanol–water partition coefficient (Wildman–Crippen LogP) is 6.68. The smallest absolute Gasteiger partial charge is 0.213 e. The Labute approximate surface area is 215 Å². The molecule has 0 amide bonds. The van der Waals surface area contributed by atoms with Gasteiger partial charge in [0.25, 0.3) is 0 Å². The van der Waals surface area contributed by atoms with Crippen LogP contribution in [-0.4, -0.2) is 5.11 Å². The summed E-state index contributed by atoms with van der Waals surface area (Å²) in [5.74, 6) is 0.631. The van der Waals surface area contributed by atoms with Crippen molar-refractivity contribution in [2.24, 2.45) is 11.3 Å². The van der Waals surface area contributed by atoms with Crippen LogP contribution in [0.4, 0.5) is 0 Å². The van der Waals surface area contributed by atoms with Crippen LogP contribution in [-0.2, 0) is 12.0 Å². The van der Waals surface area contributed by atoms with E-state index in [0.717, 1.165) is 30.5 Å². The highest BCUT2D eigenvalue weighted by molar-refractivity contribution is 5.67. The topological polar surface area (TPSA) is 28.0 Å². The standard InChI is InChI=1S/C33H37N2O/c1-7-27-31-30(26-16-21(2)8-10-25(26)28-11-9-22(3)19-34(28)31)33(27)14-12-24(20-36)29-17-23(13-15-35(29)33)18-32(4,5)6/h7-11,13,15-17,19-20,27,30-31H,1,12,14,18H2,2-6H3/q+1/p+1. The van der Waals surface area contributed by atoms with Gasteiger partial charge in [0.1, 0.15) is 11.8 Å². The van der Waals surface area contributed by atoms with Gasteiger partial charge in [-0.25, -0.2) is 0 Å². The van der Waals surface area contributed by atoms with Crippen LogP contribution < -0.4 is 9.13 Å². The first kappa shape index (κ1) is 23.2. The first-order valence-electron chi connectivity index (χ1n) is 13.3. The van der Waals surface area contributed by atoms with Crippen LogP contribution in [0.5, 0.6) is 0 Å². The Hall–Kier alpha value is -3.20. The highest BCUT2D eigenvalue weighted by Gasteiger charge is 2.75. The minimum absolute atomic E-state index is 0.106. The quantitative estimate of drug-likeness (QED) is 0.248. The normalized spacial score (nSPS) is 27.0. The van der Waals surface area contributed by atoms with Gasteiger partial charge in [-0.3, -0.25) is 0 Å². The lowest BCUT2D eigenvalue weighted by Crippen LogP contribution is -2.79. The van der Waals surface area contributed by atoms with Crippen LogP contribution in [0.3, 0.4) is 0 Å². The molecule has 6 rings (SSSR count). The van der Waals surface area contributed by atoms with E-state index in [-0.39, 0.29) is 11.0 Å². The fourth-order valence-corrected chi connectivity index (χ4v) is 7.52. The second-order valence-electron chi connectivity index (χ2n) is 12.5. The summed E-state index contributed by atoms with van der Waals surface area (Å²) in [7, 11) is 0. The third-order valence-corrected chi connectivity index (χ3v) is 8.83. The lowest BCUT2D eigenvalue weighted by Gasteiger charge is -2.56. The van der Waals surface area contributed by atoms with Crippen molar-refractivity contribution in [2.45, 2.75) is 71.4 Å². The van der Waals surface area contributed by atoms with Gasteiger partial charge in [-0.15, -0.1) is 6.58 Å². The maximum absolute atomic E-state index is 10.2. The second-order valence-corrected chi connectivity index (χ2v) is 12.5. The number of aromatic nitrogens is 2. The Morgan fingerprint density at radius 3 is 2.56 bits per heavy atom.